The highest BCUT2D eigenvalue weighted by Crippen LogP contribution is 2.25. The van der Waals surface area contributed by atoms with Crippen molar-refractivity contribution < 1.29 is 13.9 Å². The standard InChI is InChI=1S/C17H18FN3O2/c1-23-16-5-4-12(9-14(16)18)17(22)21-8-7-20-11-15(21)13-3-2-6-19-10-13/h2-6,9-10,15,20H,7-8,11H2,1H3. The summed E-state index contributed by atoms with van der Waals surface area (Å²) in [7, 11) is 1.40. The van der Waals surface area contributed by atoms with E-state index in [0.29, 0.717) is 25.2 Å². The highest BCUT2D eigenvalue weighted by Gasteiger charge is 2.29. The van der Waals surface area contributed by atoms with E-state index in [1.807, 2.05) is 12.1 Å². The second-order valence-corrected chi connectivity index (χ2v) is 5.35. The molecule has 1 aliphatic heterocycles. The van der Waals surface area contributed by atoms with Crippen LogP contribution in [0.25, 0.3) is 0 Å². The summed E-state index contributed by atoms with van der Waals surface area (Å²) in [6.07, 6.45) is 3.46. The Morgan fingerprint density at radius 1 is 1.43 bits per heavy atom. The number of piperazine rings is 1. The summed E-state index contributed by atoms with van der Waals surface area (Å²) in [6.45, 7) is 1.92. The Balaban J connectivity index is 1.88. The average Bonchev–Trinajstić information content (AvgIpc) is 2.62. The van der Waals surface area contributed by atoms with Crippen LogP contribution in [-0.2, 0) is 0 Å². The molecule has 1 N–H and O–H groups in total. The third kappa shape index (κ3) is 3.17. The van der Waals surface area contributed by atoms with Gasteiger partial charge in [0.25, 0.3) is 5.91 Å². The molecule has 3 rings (SSSR count). The maximum absolute atomic E-state index is 13.9. The van der Waals surface area contributed by atoms with Crippen molar-refractivity contribution in [2.75, 3.05) is 26.7 Å². The number of hydrogen-bond donors (Lipinski definition) is 1. The van der Waals surface area contributed by atoms with Gasteiger partial charge in [-0.25, -0.2) is 4.39 Å². The Morgan fingerprint density at radius 3 is 3.00 bits per heavy atom. The summed E-state index contributed by atoms with van der Waals surface area (Å²) in [6, 6.07) is 7.97. The van der Waals surface area contributed by atoms with Crippen molar-refractivity contribution in [3.8, 4) is 5.75 Å². The van der Waals surface area contributed by atoms with Crippen LogP contribution in [0.2, 0.25) is 0 Å². The number of ether oxygens (including phenoxy) is 1. The van der Waals surface area contributed by atoms with E-state index < -0.39 is 5.82 Å². The number of pyridine rings is 1. The van der Waals surface area contributed by atoms with Gasteiger partial charge in [-0.1, -0.05) is 6.07 Å². The quantitative estimate of drug-likeness (QED) is 0.941. The van der Waals surface area contributed by atoms with Crippen LogP contribution in [-0.4, -0.2) is 42.5 Å². The zero-order valence-electron chi connectivity index (χ0n) is 12.8. The van der Waals surface area contributed by atoms with Gasteiger partial charge in [-0.05, 0) is 29.8 Å². The van der Waals surface area contributed by atoms with Crippen molar-refractivity contribution in [3.05, 3.63) is 59.7 Å². The predicted octanol–water partition coefficient (Wildman–Crippen LogP) is 2.02. The maximum atomic E-state index is 13.9. The van der Waals surface area contributed by atoms with E-state index in [1.165, 1.54) is 19.2 Å². The van der Waals surface area contributed by atoms with E-state index in [0.717, 1.165) is 5.56 Å². The second-order valence-electron chi connectivity index (χ2n) is 5.35. The van der Waals surface area contributed by atoms with E-state index in [9.17, 15) is 9.18 Å². The minimum absolute atomic E-state index is 0.116. The number of carbonyl (C=O) groups excluding carboxylic acids is 1. The average molecular weight is 315 g/mol. The molecule has 1 aliphatic rings. The lowest BCUT2D eigenvalue weighted by Crippen LogP contribution is -2.48. The fourth-order valence-corrected chi connectivity index (χ4v) is 2.78. The molecule has 1 fully saturated rings. The molecule has 0 spiro atoms. The van der Waals surface area contributed by atoms with Gasteiger partial charge in [0.05, 0.1) is 13.2 Å². The molecule has 0 aliphatic carbocycles. The first kappa shape index (κ1) is 15.4. The number of rotatable bonds is 3. The van der Waals surface area contributed by atoms with Crippen LogP contribution in [0.3, 0.4) is 0 Å². The first-order valence-corrected chi connectivity index (χ1v) is 7.46. The number of carbonyl (C=O) groups is 1. The van der Waals surface area contributed by atoms with E-state index in [2.05, 4.69) is 10.3 Å². The number of nitrogens with one attached hydrogen (secondary N) is 1. The van der Waals surface area contributed by atoms with Crippen molar-refractivity contribution in [1.82, 2.24) is 15.2 Å². The molecular formula is C17H18FN3O2. The minimum atomic E-state index is -0.536. The van der Waals surface area contributed by atoms with Gasteiger partial charge in [-0.3, -0.25) is 9.78 Å². The Labute approximate surface area is 134 Å². The highest BCUT2D eigenvalue weighted by atomic mass is 19.1. The smallest absolute Gasteiger partial charge is 0.254 e. The summed E-state index contributed by atoms with van der Waals surface area (Å²) in [5, 5.41) is 3.28. The number of methoxy groups -OCH3 is 1. The third-order valence-corrected chi connectivity index (χ3v) is 3.97. The van der Waals surface area contributed by atoms with Crippen LogP contribution in [0, 0.1) is 5.82 Å². The fraction of sp³-hybridized carbons (Fsp3) is 0.294. The molecule has 120 valence electrons. The molecule has 1 amide bonds. The van der Waals surface area contributed by atoms with Gasteiger partial charge in [0.15, 0.2) is 11.6 Å². The van der Waals surface area contributed by atoms with Crippen LogP contribution < -0.4 is 10.1 Å². The van der Waals surface area contributed by atoms with E-state index >= 15 is 0 Å². The van der Waals surface area contributed by atoms with Gasteiger partial charge in [0, 0.05) is 37.6 Å². The lowest BCUT2D eigenvalue weighted by molar-refractivity contribution is 0.0633. The SMILES string of the molecule is COc1ccc(C(=O)N2CCNCC2c2cccnc2)cc1F. The normalized spacial score (nSPS) is 17.8. The van der Waals surface area contributed by atoms with E-state index in [1.54, 1.807) is 23.4 Å². The Kier molecular flexibility index (Phi) is 4.52. The third-order valence-electron chi connectivity index (χ3n) is 3.97. The van der Waals surface area contributed by atoms with Crippen LogP contribution in [0.15, 0.2) is 42.7 Å². The van der Waals surface area contributed by atoms with Gasteiger partial charge in [-0.15, -0.1) is 0 Å². The zero-order valence-corrected chi connectivity index (χ0v) is 12.8. The van der Waals surface area contributed by atoms with Crippen LogP contribution in [0.4, 0.5) is 4.39 Å². The summed E-state index contributed by atoms with van der Waals surface area (Å²) < 4.78 is 18.8. The molecule has 1 unspecified atom stereocenters. The van der Waals surface area contributed by atoms with Crippen LogP contribution in [0.1, 0.15) is 22.0 Å². The minimum Gasteiger partial charge on any atom is -0.494 e. The Bertz CT molecular complexity index is 693. The molecule has 2 heterocycles. The Morgan fingerprint density at radius 2 is 2.30 bits per heavy atom. The monoisotopic (exact) mass is 315 g/mol. The summed E-state index contributed by atoms with van der Waals surface area (Å²) in [5.74, 6) is -0.598. The lowest BCUT2D eigenvalue weighted by atomic mass is 10.0. The number of benzene rings is 1. The van der Waals surface area contributed by atoms with Gasteiger partial charge in [0.1, 0.15) is 0 Å². The fourth-order valence-electron chi connectivity index (χ4n) is 2.78. The van der Waals surface area contributed by atoms with Crippen molar-refractivity contribution in [2.24, 2.45) is 0 Å². The molecule has 5 nitrogen and oxygen atoms in total. The van der Waals surface area contributed by atoms with Crippen molar-refractivity contribution in [1.29, 1.82) is 0 Å². The maximum Gasteiger partial charge on any atom is 0.254 e. The van der Waals surface area contributed by atoms with Gasteiger partial charge in [-0.2, -0.15) is 0 Å². The second kappa shape index (κ2) is 6.75. The molecule has 0 radical (unpaired) electrons. The number of amides is 1. The molecule has 0 bridgehead atoms. The number of halogens is 1. The number of nitrogens with zero attached hydrogens (tertiary/aromatic N) is 2. The molecule has 1 atom stereocenters. The van der Waals surface area contributed by atoms with Crippen molar-refractivity contribution >= 4 is 5.91 Å². The van der Waals surface area contributed by atoms with E-state index in [4.69, 9.17) is 4.74 Å². The molecule has 1 aromatic heterocycles. The predicted molar refractivity (Wildman–Crippen MR) is 83.8 cm³/mol. The van der Waals surface area contributed by atoms with Crippen molar-refractivity contribution in [2.45, 2.75) is 6.04 Å². The zero-order chi connectivity index (χ0) is 16.2. The van der Waals surface area contributed by atoms with Gasteiger partial charge in [0.2, 0.25) is 0 Å². The largest absolute Gasteiger partial charge is 0.494 e. The van der Waals surface area contributed by atoms with Crippen LogP contribution >= 0.6 is 0 Å². The van der Waals surface area contributed by atoms with Gasteiger partial charge < -0.3 is 15.0 Å². The molecule has 1 saturated heterocycles. The topological polar surface area (TPSA) is 54.5 Å². The van der Waals surface area contributed by atoms with Gasteiger partial charge >= 0.3 is 0 Å². The molecule has 2 aromatic rings. The van der Waals surface area contributed by atoms with Crippen molar-refractivity contribution in [3.63, 3.8) is 0 Å². The Hall–Kier alpha value is -2.47. The number of hydrogen-bond acceptors (Lipinski definition) is 4. The van der Waals surface area contributed by atoms with Crippen LogP contribution in [0.5, 0.6) is 5.75 Å². The summed E-state index contributed by atoms with van der Waals surface area (Å²) in [4.78, 5) is 18.7. The first-order valence-electron chi connectivity index (χ1n) is 7.46. The molecular weight excluding hydrogens is 297 g/mol. The molecule has 1 aromatic carbocycles. The molecule has 6 heteroatoms. The first-order chi connectivity index (χ1) is 11.2. The molecule has 0 saturated carbocycles. The highest BCUT2D eigenvalue weighted by molar-refractivity contribution is 5.94. The number of aromatic nitrogens is 1. The van der Waals surface area contributed by atoms with E-state index in [-0.39, 0.29) is 17.7 Å². The summed E-state index contributed by atoms with van der Waals surface area (Å²) in [5.41, 5.74) is 1.28. The summed E-state index contributed by atoms with van der Waals surface area (Å²) >= 11 is 0. The lowest BCUT2D eigenvalue weighted by Gasteiger charge is -2.36. The molecule has 23 heavy (non-hydrogen) atoms.